The van der Waals surface area contributed by atoms with Gasteiger partial charge in [0.1, 0.15) is 23.4 Å². The summed E-state index contributed by atoms with van der Waals surface area (Å²) in [6.07, 6.45) is 2.14. The molecule has 1 atom stereocenters. The number of ether oxygens (including phenoxy) is 1. The van der Waals surface area contributed by atoms with Crippen LogP contribution in [0.1, 0.15) is 42.5 Å². The van der Waals surface area contributed by atoms with E-state index in [1.54, 1.807) is 5.38 Å². The Morgan fingerprint density at radius 2 is 2.04 bits per heavy atom. The van der Waals surface area contributed by atoms with Crippen LogP contribution in [0.25, 0.3) is 0 Å². The van der Waals surface area contributed by atoms with Crippen LogP contribution in [0.2, 0.25) is 0 Å². The molecule has 1 aromatic heterocycles. The lowest BCUT2D eigenvalue weighted by molar-refractivity contribution is -0.142. The van der Waals surface area contributed by atoms with Crippen LogP contribution in [0.5, 0.6) is 5.75 Å². The Morgan fingerprint density at radius 1 is 1.31 bits per heavy atom. The first-order valence-corrected chi connectivity index (χ1v) is 9.50. The van der Waals surface area contributed by atoms with Crippen molar-refractivity contribution in [3.8, 4) is 5.75 Å². The number of hydrogen-bond acceptors (Lipinski definition) is 5. The number of carbonyl (C=O) groups is 2. The van der Waals surface area contributed by atoms with Crippen molar-refractivity contribution in [2.75, 3.05) is 0 Å². The molecule has 26 heavy (non-hydrogen) atoms. The summed E-state index contributed by atoms with van der Waals surface area (Å²) in [5.74, 6) is -0.563. The molecule has 2 rings (SSSR count). The Balaban J connectivity index is 1.83. The first-order valence-electron chi connectivity index (χ1n) is 8.63. The fourth-order valence-electron chi connectivity index (χ4n) is 2.35. The number of benzene rings is 1. The monoisotopic (exact) mass is 376 g/mol. The van der Waals surface area contributed by atoms with Gasteiger partial charge in [0.05, 0.1) is 12.1 Å². The van der Waals surface area contributed by atoms with Gasteiger partial charge < -0.3 is 15.2 Å². The largest absolute Gasteiger partial charge is 0.486 e. The second-order valence-electron chi connectivity index (χ2n) is 6.11. The lowest BCUT2D eigenvalue weighted by atomic mass is 10.1. The third kappa shape index (κ3) is 6.48. The van der Waals surface area contributed by atoms with Crippen LogP contribution in [0, 0.1) is 6.92 Å². The summed E-state index contributed by atoms with van der Waals surface area (Å²) in [6.45, 7) is 4.33. The zero-order chi connectivity index (χ0) is 18.9. The number of aliphatic carboxylic acids is 1. The van der Waals surface area contributed by atoms with Crippen LogP contribution in [-0.2, 0) is 22.6 Å². The molecule has 2 N–H and O–H groups in total. The van der Waals surface area contributed by atoms with Gasteiger partial charge in [0.15, 0.2) is 0 Å². The Kier molecular flexibility index (Phi) is 7.59. The number of carboxylic acid groups (broad SMARTS) is 1. The number of aryl methyl sites for hydroxylation is 1. The van der Waals surface area contributed by atoms with Crippen molar-refractivity contribution in [3.63, 3.8) is 0 Å². The zero-order valence-electron chi connectivity index (χ0n) is 15.0. The summed E-state index contributed by atoms with van der Waals surface area (Å²) in [6, 6.07) is 6.92. The molecule has 0 radical (unpaired) electrons. The molecule has 6 nitrogen and oxygen atoms in total. The molecule has 2 aromatic rings. The van der Waals surface area contributed by atoms with Crippen LogP contribution >= 0.6 is 11.3 Å². The highest BCUT2D eigenvalue weighted by Gasteiger charge is 2.19. The normalized spacial score (nSPS) is 11.8. The molecule has 0 aliphatic rings. The molecule has 0 fully saturated rings. The van der Waals surface area contributed by atoms with E-state index in [1.807, 2.05) is 38.1 Å². The van der Waals surface area contributed by atoms with Crippen molar-refractivity contribution in [2.45, 2.75) is 52.2 Å². The SMILES string of the molecule is CCCC[C@H](NC(=O)Cc1csc(COc2ccc(C)cc2)n1)C(=O)O. The minimum atomic E-state index is -1.00. The Labute approximate surface area is 157 Å². The van der Waals surface area contributed by atoms with Crippen molar-refractivity contribution in [1.82, 2.24) is 10.3 Å². The molecule has 1 heterocycles. The summed E-state index contributed by atoms with van der Waals surface area (Å²) < 4.78 is 5.68. The van der Waals surface area contributed by atoms with E-state index < -0.39 is 12.0 Å². The molecule has 140 valence electrons. The van der Waals surface area contributed by atoms with E-state index in [4.69, 9.17) is 9.84 Å². The Bertz CT molecular complexity index is 727. The maximum Gasteiger partial charge on any atom is 0.326 e. The standard InChI is InChI=1S/C19H24N2O4S/c1-3-4-5-16(19(23)24)21-17(22)10-14-12-26-18(20-14)11-25-15-8-6-13(2)7-9-15/h6-9,12,16H,3-5,10-11H2,1-2H3,(H,21,22)(H,23,24)/t16-/m0/s1. The van der Waals surface area contributed by atoms with Crippen LogP contribution in [0.15, 0.2) is 29.6 Å². The van der Waals surface area contributed by atoms with Crippen molar-refractivity contribution < 1.29 is 19.4 Å². The molecule has 0 unspecified atom stereocenters. The first-order chi connectivity index (χ1) is 12.5. The molecule has 0 aliphatic heterocycles. The summed E-state index contributed by atoms with van der Waals surface area (Å²) in [7, 11) is 0. The van der Waals surface area contributed by atoms with Gasteiger partial charge in [-0.3, -0.25) is 4.79 Å². The molecule has 1 amide bonds. The number of nitrogens with zero attached hydrogens (tertiary/aromatic N) is 1. The van der Waals surface area contributed by atoms with Crippen molar-refractivity contribution in [3.05, 3.63) is 45.9 Å². The number of carbonyl (C=O) groups excluding carboxylic acids is 1. The summed E-state index contributed by atoms with van der Waals surface area (Å²) >= 11 is 1.42. The number of nitrogens with one attached hydrogen (secondary N) is 1. The third-order valence-corrected chi connectivity index (χ3v) is 4.68. The number of hydrogen-bond donors (Lipinski definition) is 2. The van der Waals surface area contributed by atoms with Gasteiger partial charge in [0.25, 0.3) is 0 Å². The predicted octanol–water partition coefficient (Wildman–Crippen LogP) is 3.33. The minimum absolute atomic E-state index is 0.0664. The van der Waals surface area contributed by atoms with E-state index in [9.17, 15) is 9.59 Å². The van der Waals surface area contributed by atoms with Gasteiger partial charge in [-0.15, -0.1) is 11.3 Å². The summed E-state index contributed by atoms with van der Waals surface area (Å²) in [4.78, 5) is 27.6. The minimum Gasteiger partial charge on any atom is -0.486 e. The molecule has 7 heteroatoms. The molecular weight excluding hydrogens is 352 g/mol. The molecule has 0 spiro atoms. The molecule has 0 saturated heterocycles. The Morgan fingerprint density at radius 3 is 2.69 bits per heavy atom. The van der Waals surface area contributed by atoms with E-state index in [0.29, 0.717) is 18.7 Å². The fourth-order valence-corrected chi connectivity index (χ4v) is 3.06. The Hall–Kier alpha value is -2.41. The average Bonchev–Trinajstić information content (AvgIpc) is 3.05. The highest BCUT2D eigenvalue weighted by Crippen LogP contribution is 2.16. The molecular formula is C19H24N2O4S. The van der Waals surface area contributed by atoms with Crippen LogP contribution < -0.4 is 10.1 Å². The van der Waals surface area contributed by atoms with Gasteiger partial charge in [-0.05, 0) is 25.5 Å². The van der Waals surface area contributed by atoms with E-state index in [0.717, 1.165) is 23.6 Å². The van der Waals surface area contributed by atoms with Crippen LogP contribution in [0.3, 0.4) is 0 Å². The quantitative estimate of drug-likeness (QED) is 0.664. The second kappa shape index (κ2) is 9.91. The maximum atomic E-state index is 12.1. The van der Waals surface area contributed by atoms with Crippen molar-refractivity contribution >= 4 is 23.2 Å². The average molecular weight is 376 g/mol. The molecule has 1 aromatic carbocycles. The van der Waals surface area contributed by atoms with Gasteiger partial charge in [0.2, 0.25) is 5.91 Å². The number of rotatable bonds is 10. The maximum absolute atomic E-state index is 12.1. The van der Waals surface area contributed by atoms with E-state index in [-0.39, 0.29) is 12.3 Å². The third-order valence-electron chi connectivity index (χ3n) is 3.80. The van der Waals surface area contributed by atoms with Crippen LogP contribution in [-0.4, -0.2) is 28.0 Å². The molecule has 0 bridgehead atoms. The van der Waals surface area contributed by atoms with Gasteiger partial charge >= 0.3 is 5.97 Å². The lowest BCUT2D eigenvalue weighted by Crippen LogP contribution is -2.41. The highest BCUT2D eigenvalue weighted by molar-refractivity contribution is 7.09. The summed E-state index contributed by atoms with van der Waals surface area (Å²) in [5, 5.41) is 14.3. The highest BCUT2D eigenvalue weighted by atomic mass is 32.1. The van der Waals surface area contributed by atoms with Gasteiger partial charge in [-0.1, -0.05) is 37.5 Å². The number of thiazole rings is 1. The van der Waals surface area contributed by atoms with Gasteiger partial charge in [0, 0.05) is 5.38 Å². The second-order valence-corrected chi connectivity index (χ2v) is 7.05. The van der Waals surface area contributed by atoms with Gasteiger partial charge in [-0.25, -0.2) is 9.78 Å². The first kappa shape index (κ1) is 19.9. The number of aromatic nitrogens is 1. The van der Waals surface area contributed by atoms with E-state index in [2.05, 4.69) is 10.3 Å². The molecule has 0 aliphatic carbocycles. The lowest BCUT2D eigenvalue weighted by Gasteiger charge is -2.13. The number of carboxylic acids is 1. The topological polar surface area (TPSA) is 88.5 Å². The summed E-state index contributed by atoms with van der Waals surface area (Å²) in [5.41, 5.74) is 1.79. The molecule has 0 saturated carbocycles. The number of amides is 1. The van der Waals surface area contributed by atoms with Crippen molar-refractivity contribution in [1.29, 1.82) is 0 Å². The zero-order valence-corrected chi connectivity index (χ0v) is 15.8. The van der Waals surface area contributed by atoms with E-state index in [1.165, 1.54) is 16.9 Å². The predicted molar refractivity (Wildman–Crippen MR) is 100 cm³/mol. The smallest absolute Gasteiger partial charge is 0.326 e. The van der Waals surface area contributed by atoms with Crippen LogP contribution in [0.4, 0.5) is 0 Å². The van der Waals surface area contributed by atoms with E-state index >= 15 is 0 Å². The number of unbranched alkanes of at least 4 members (excludes halogenated alkanes) is 1. The van der Waals surface area contributed by atoms with Crippen molar-refractivity contribution in [2.24, 2.45) is 0 Å². The fraction of sp³-hybridized carbons (Fsp3) is 0.421. The van der Waals surface area contributed by atoms with Gasteiger partial charge in [-0.2, -0.15) is 0 Å².